The van der Waals surface area contributed by atoms with Gasteiger partial charge in [-0.15, -0.1) is 0 Å². The largest absolute Gasteiger partial charge is 0.494 e. The molecule has 1 aliphatic rings. The summed E-state index contributed by atoms with van der Waals surface area (Å²) in [4.78, 5) is 11.4. The Morgan fingerprint density at radius 2 is 2.00 bits per heavy atom. The van der Waals surface area contributed by atoms with Crippen molar-refractivity contribution < 1.29 is 15.0 Å². The van der Waals surface area contributed by atoms with E-state index in [-0.39, 0.29) is 11.9 Å². The summed E-state index contributed by atoms with van der Waals surface area (Å²) in [6, 6.07) is 10.7. The van der Waals surface area contributed by atoms with Crippen LogP contribution < -0.4 is 0 Å². The summed E-state index contributed by atoms with van der Waals surface area (Å²) in [5.41, 5.74) is 2.16. The van der Waals surface area contributed by atoms with Crippen molar-refractivity contribution in [2.24, 2.45) is 0 Å². The van der Waals surface area contributed by atoms with Gasteiger partial charge in [0.1, 0.15) is 0 Å². The average molecular weight is 328 g/mol. The number of carboxylic acid groups (broad SMARTS) is 1. The standard InChI is InChI=1S/C18H14ClNO3/c19-14-6-1-3-10-9-20(17(21)16(10)14)15-8-7-11-12(15)4-2-5-13(11)18(22)23/h1-6,9,15,21H,7-8H2,(H,22,23)/t15-/m1/s1. The number of aromatic nitrogens is 1. The summed E-state index contributed by atoms with van der Waals surface area (Å²) in [5.74, 6) is -0.781. The van der Waals surface area contributed by atoms with E-state index in [9.17, 15) is 15.0 Å². The molecule has 5 heteroatoms. The van der Waals surface area contributed by atoms with Crippen LogP contribution >= 0.6 is 11.6 Å². The quantitative estimate of drug-likeness (QED) is 0.740. The van der Waals surface area contributed by atoms with Gasteiger partial charge in [-0.25, -0.2) is 4.79 Å². The number of benzene rings is 2. The molecular weight excluding hydrogens is 314 g/mol. The van der Waals surface area contributed by atoms with Gasteiger partial charge in [-0.05, 0) is 36.1 Å². The highest BCUT2D eigenvalue weighted by molar-refractivity contribution is 6.36. The molecule has 0 unspecified atom stereocenters. The third-order valence-electron chi connectivity index (χ3n) is 4.60. The highest BCUT2D eigenvalue weighted by Crippen LogP contribution is 2.42. The highest BCUT2D eigenvalue weighted by Gasteiger charge is 2.29. The van der Waals surface area contributed by atoms with E-state index in [1.54, 1.807) is 22.8 Å². The summed E-state index contributed by atoms with van der Waals surface area (Å²) < 4.78 is 1.80. The SMILES string of the molecule is O=C(O)c1cccc2c1CC[C@H]2n1cc2cccc(Cl)c2c1O. The van der Waals surface area contributed by atoms with Crippen LogP contribution in [0.1, 0.15) is 33.9 Å². The second-order valence-electron chi connectivity index (χ2n) is 5.80. The van der Waals surface area contributed by atoms with Crippen molar-refractivity contribution >= 4 is 28.3 Å². The molecule has 0 amide bonds. The van der Waals surface area contributed by atoms with E-state index < -0.39 is 5.97 Å². The zero-order chi connectivity index (χ0) is 16.1. The summed E-state index contributed by atoms with van der Waals surface area (Å²) in [6.45, 7) is 0. The molecule has 0 bridgehead atoms. The fourth-order valence-corrected chi connectivity index (χ4v) is 3.85. The predicted molar refractivity (Wildman–Crippen MR) is 88.5 cm³/mol. The maximum atomic E-state index is 11.4. The summed E-state index contributed by atoms with van der Waals surface area (Å²) >= 11 is 6.20. The molecule has 1 heterocycles. The first kappa shape index (κ1) is 14.2. The molecule has 0 spiro atoms. The van der Waals surface area contributed by atoms with Crippen molar-refractivity contribution in [1.29, 1.82) is 0 Å². The average Bonchev–Trinajstić information content (AvgIpc) is 3.09. The van der Waals surface area contributed by atoms with Crippen molar-refractivity contribution in [3.05, 3.63) is 64.3 Å². The number of hydrogen-bond acceptors (Lipinski definition) is 2. The smallest absolute Gasteiger partial charge is 0.335 e. The predicted octanol–water partition coefficient (Wildman–Crippen LogP) is 4.23. The first-order valence-electron chi connectivity index (χ1n) is 7.41. The van der Waals surface area contributed by atoms with Gasteiger partial charge < -0.3 is 14.8 Å². The van der Waals surface area contributed by atoms with Crippen LogP contribution in [0.15, 0.2) is 42.6 Å². The van der Waals surface area contributed by atoms with E-state index in [0.29, 0.717) is 22.4 Å². The van der Waals surface area contributed by atoms with Gasteiger partial charge in [0.25, 0.3) is 0 Å². The second kappa shape index (κ2) is 5.03. The molecule has 0 saturated heterocycles. The Balaban J connectivity index is 1.90. The van der Waals surface area contributed by atoms with E-state index in [2.05, 4.69) is 0 Å². The minimum Gasteiger partial charge on any atom is -0.494 e. The molecule has 0 fully saturated rings. The van der Waals surface area contributed by atoms with Crippen LogP contribution in [0.25, 0.3) is 10.8 Å². The second-order valence-corrected chi connectivity index (χ2v) is 6.20. The van der Waals surface area contributed by atoms with Gasteiger partial charge in [-0.1, -0.05) is 35.9 Å². The van der Waals surface area contributed by atoms with Crippen molar-refractivity contribution in [2.45, 2.75) is 18.9 Å². The first-order chi connectivity index (χ1) is 11.1. The first-order valence-corrected chi connectivity index (χ1v) is 7.79. The molecule has 4 nitrogen and oxygen atoms in total. The van der Waals surface area contributed by atoms with Crippen LogP contribution in [0.5, 0.6) is 5.88 Å². The van der Waals surface area contributed by atoms with Crippen LogP contribution in [-0.2, 0) is 6.42 Å². The zero-order valence-electron chi connectivity index (χ0n) is 12.2. The van der Waals surface area contributed by atoms with Gasteiger partial charge in [0, 0.05) is 11.6 Å². The lowest BCUT2D eigenvalue weighted by molar-refractivity contribution is 0.0696. The van der Waals surface area contributed by atoms with E-state index >= 15 is 0 Å². The van der Waals surface area contributed by atoms with E-state index in [0.717, 1.165) is 22.9 Å². The molecule has 1 atom stereocenters. The molecule has 1 aliphatic carbocycles. The van der Waals surface area contributed by atoms with Crippen LogP contribution in [0, 0.1) is 0 Å². The number of halogens is 1. The number of carbonyl (C=O) groups is 1. The van der Waals surface area contributed by atoms with Crippen molar-refractivity contribution in [3.63, 3.8) is 0 Å². The van der Waals surface area contributed by atoms with Crippen molar-refractivity contribution in [1.82, 2.24) is 4.57 Å². The minimum absolute atomic E-state index is 0.0761. The number of aromatic carboxylic acids is 1. The summed E-state index contributed by atoms with van der Waals surface area (Å²) in [7, 11) is 0. The highest BCUT2D eigenvalue weighted by atomic mass is 35.5. The number of nitrogens with zero attached hydrogens (tertiary/aromatic N) is 1. The molecule has 2 N–H and O–H groups in total. The fraction of sp³-hybridized carbons (Fsp3) is 0.167. The Kier molecular flexibility index (Phi) is 3.10. The molecule has 0 aliphatic heterocycles. The Bertz CT molecular complexity index is 945. The number of hydrogen-bond donors (Lipinski definition) is 2. The van der Waals surface area contributed by atoms with E-state index in [4.69, 9.17) is 11.6 Å². The number of carboxylic acids is 1. The lowest BCUT2D eigenvalue weighted by Gasteiger charge is -2.15. The maximum Gasteiger partial charge on any atom is 0.335 e. The normalized spacial score (nSPS) is 16.7. The summed E-state index contributed by atoms with van der Waals surface area (Å²) in [5, 5.41) is 22.0. The molecular formula is C18H14ClNO3. The number of aromatic hydroxyl groups is 1. The van der Waals surface area contributed by atoms with E-state index in [1.807, 2.05) is 24.4 Å². The van der Waals surface area contributed by atoms with Crippen LogP contribution in [0.3, 0.4) is 0 Å². The van der Waals surface area contributed by atoms with Gasteiger partial charge in [-0.2, -0.15) is 0 Å². The Morgan fingerprint density at radius 3 is 2.74 bits per heavy atom. The van der Waals surface area contributed by atoms with Crippen molar-refractivity contribution in [3.8, 4) is 5.88 Å². The Hall–Kier alpha value is -2.46. The monoisotopic (exact) mass is 327 g/mol. The van der Waals surface area contributed by atoms with Gasteiger partial charge >= 0.3 is 5.97 Å². The number of fused-ring (bicyclic) bond motifs is 2. The van der Waals surface area contributed by atoms with Gasteiger partial charge in [0.15, 0.2) is 0 Å². The lowest BCUT2D eigenvalue weighted by Crippen LogP contribution is -2.06. The summed E-state index contributed by atoms with van der Waals surface area (Å²) in [6.07, 6.45) is 3.32. The van der Waals surface area contributed by atoms with Crippen LogP contribution in [0.2, 0.25) is 5.02 Å². The van der Waals surface area contributed by atoms with Gasteiger partial charge in [0.2, 0.25) is 5.88 Å². The molecule has 2 aromatic carbocycles. The van der Waals surface area contributed by atoms with Crippen LogP contribution in [-0.4, -0.2) is 20.7 Å². The Morgan fingerprint density at radius 1 is 1.22 bits per heavy atom. The minimum atomic E-state index is -0.910. The maximum absolute atomic E-state index is 11.4. The molecule has 0 radical (unpaired) electrons. The van der Waals surface area contributed by atoms with Crippen molar-refractivity contribution in [2.75, 3.05) is 0 Å². The Labute approximate surface area is 137 Å². The third kappa shape index (κ3) is 2.02. The molecule has 1 aromatic heterocycles. The third-order valence-corrected chi connectivity index (χ3v) is 4.91. The van der Waals surface area contributed by atoms with Crippen LogP contribution in [0.4, 0.5) is 0 Å². The zero-order valence-corrected chi connectivity index (χ0v) is 12.9. The van der Waals surface area contributed by atoms with Gasteiger partial charge in [0.05, 0.1) is 22.0 Å². The molecule has 4 rings (SSSR count). The number of rotatable bonds is 2. The molecule has 0 saturated carbocycles. The topological polar surface area (TPSA) is 62.5 Å². The van der Waals surface area contributed by atoms with E-state index in [1.165, 1.54) is 0 Å². The lowest BCUT2D eigenvalue weighted by atomic mass is 10.0. The molecule has 3 aromatic rings. The fourth-order valence-electron chi connectivity index (χ4n) is 3.58. The van der Waals surface area contributed by atoms with Gasteiger partial charge in [-0.3, -0.25) is 0 Å². The molecule has 116 valence electrons. The molecule has 23 heavy (non-hydrogen) atoms.